The van der Waals surface area contributed by atoms with Crippen LogP contribution in [0.3, 0.4) is 0 Å². The first kappa shape index (κ1) is 22.5. The summed E-state index contributed by atoms with van der Waals surface area (Å²) >= 11 is 0. The van der Waals surface area contributed by atoms with Crippen LogP contribution < -0.4 is 10.6 Å². The number of benzene rings is 1. The normalized spacial score (nSPS) is 13.7. The van der Waals surface area contributed by atoms with Gasteiger partial charge in [-0.1, -0.05) is 20.8 Å². The van der Waals surface area contributed by atoms with Gasteiger partial charge in [0.25, 0.3) is 5.91 Å². The molecule has 2 N–H and O–H groups in total. The van der Waals surface area contributed by atoms with E-state index in [4.69, 9.17) is 0 Å². The summed E-state index contributed by atoms with van der Waals surface area (Å²) in [5.74, 6) is -3.61. The molecule has 0 saturated carbocycles. The Kier molecular flexibility index (Phi) is 6.29. The third kappa shape index (κ3) is 6.26. The van der Waals surface area contributed by atoms with Gasteiger partial charge < -0.3 is 15.4 Å². The minimum atomic E-state index is -5.33. The number of alkyl halides is 6. The Bertz CT molecular complexity index is 735. The number of aldehydes is 1. The average molecular weight is 398 g/mol. The summed E-state index contributed by atoms with van der Waals surface area (Å²) in [6.45, 7) is 4.77. The van der Waals surface area contributed by atoms with E-state index in [1.54, 1.807) is 20.8 Å². The molecular weight excluding hydrogens is 382 g/mol. The molecule has 2 amide bonds. The molecule has 27 heavy (non-hydrogen) atoms. The van der Waals surface area contributed by atoms with Crippen LogP contribution in [0.1, 0.15) is 36.7 Å². The van der Waals surface area contributed by atoms with E-state index in [0.29, 0.717) is 18.4 Å². The molecule has 0 spiro atoms. The second-order valence-electron chi connectivity index (χ2n) is 6.70. The predicted octanol–water partition coefficient (Wildman–Crippen LogP) is 3.55. The molecule has 5 nitrogen and oxygen atoms in total. The standard InChI is InChI=1S/C16H16F6N2O3/c1-14(2,3)11(7-25)24-12(26)8-4-9(15(17,18)19)6-10(5-8)23-13(27)16(20,21)22/h4-7,11H,1-3H3,(H,23,27)(H,24,26). The fraction of sp³-hybridized carbons (Fsp3) is 0.438. The first-order valence-electron chi connectivity index (χ1n) is 7.42. The molecule has 1 rings (SSSR count). The highest BCUT2D eigenvalue weighted by atomic mass is 19.4. The van der Waals surface area contributed by atoms with E-state index in [-0.39, 0.29) is 6.07 Å². The highest BCUT2D eigenvalue weighted by Gasteiger charge is 2.39. The fourth-order valence-electron chi connectivity index (χ4n) is 1.88. The quantitative estimate of drug-likeness (QED) is 0.602. The monoisotopic (exact) mass is 398 g/mol. The van der Waals surface area contributed by atoms with Crippen molar-refractivity contribution in [3.63, 3.8) is 0 Å². The molecule has 0 aliphatic carbocycles. The lowest BCUT2D eigenvalue weighted by atomic mass is 9.87. The van der Waals surface area contributed by atoms with Crippen LogP contribution >= 0.6 is 0 Å². The molecule has 0 fully saturated rings. The van der Waals surface area contributed by atoms with Gasteiger partial charge in [-0.3, -0.25) is 9.59 Å². The number of nitrogens with one attached hydrogen (secondary N) is 2. The Morgan fingerprint density at radius 2 is 1.56 bits per heavy atom. The number of halogens is 6. The molecule has 1 unspecified atom stereocenters. The maximum atomic E-state index is 13.0. The van der Waals surface area contributed by atoms with Crippen molar-refractivity contribution >= 4 is 23.8 Å². The number of carbonyl (C=O) groups is 3. The molecule has 0 aliphatic heterocycles. The molecule has 150 valence electrons. The van der Waals surface area contributed by atoms with E-state index >= 15 is 0 Å². The molecule has 11 heteroatoms. The summed E-state index contributed by atoms with van der Waals surface area (Å²) < 4.78 is 75.9. The van der Waals surface area contributed by atoms with Crippen molar-refractivity contribution in [3.8, 4) is 0 Å². The Balaban J connectivity index is 3.29. The van der Waals surface area contributed by atoms with Crippen molar-refractivity contribution in [2.45, 2.75) is 39.2 Å². The first-order chi connectivity index (χ1) is 12.1. The smallest absolute Gasteiger partial charge is 0.342 e. The third-order valence-corrected chi connectivity index (χ3v) is 3.39. The summed E-state index contributed by atoms with van der Waals surface area (Å²) in [4.78, 5) is 34.3. The van der Waals surface area contributed by atoms with Crippen LogP contribution in [0.15, 0.2) is 18.2 Å². The lowest BCUT2D eigenvalue weighted by Crippen LogP contribution is -2.44. The number of anilines is 1. The van der Waals surface area contributed by atoms with Crippen molar-refractivity contribution < 1.29 is 40.7 Å². The highest BCUT2D eigenvalue weighted by molar-refractivity contribution is 5.99. The van der Waals surface area contributed by atoms with E-state index in [0.717, 1.165) is 0 Å². The van der Waals surface area contributed by atoms with Gasteiger partial charge in [-0.05, 0) is 23.6 Å². The van der Waals surface area contributed by atoms with Crippen LogP contribution in [-0.4, -0.2) is 30.3 Å². The van der Waals surface area contributed by atoms with Crippen molar-refractivity contribution in [2.75, 3.05) is 5.32 Å². The lowest BCUT2D eigenvalue weighted by molar-refractivity contribution is -0.167. The molecule has 0 radical (unpaired) electrons. The topological polar surface area (TPSA) is 75.3 Å². The summed E-state index contributed by atoms with van der Waals surface area (Å²) in [6.07, 6.45) is -9.93. The van der Waals surface area contributed by atoms with Gasteiger partial charge in [0.15, 0.2) is 0 Å². The zero-order valence-electron chi connectivity index (χ0n) is 14.4. The molecule has 0 saturated heterocycles. The summed E-state index contributed by atoms with van der Waals surface area (Å²) in [5.41, 5.74) is -3.73. The highest BCUT2D eigenvalue weighted by Crippen LogP contribution is 2.32. The molecule has 0 aromatic heterocycles. The van der Waals surface area contributed by atoms with E-state index in [9.17, 15) is 40.7 Å². The second-order valence-corrected chi connectivity index (χ2v) is 6.70. The van der Waals surface area contributed by atoms with Gasteiger partial charge in [-0.25, -0.2) is 0 Å². The Morgan fingerprint density at radius 3 is 1.96 bits per heavy atom. The number of hydrogen-bond acceptors (Lipinski definition) is 3. The number of carbonyl (C=O) groups excluding carboxylic acids is 3. The summed E-state index contributed by atoms with van der Waals surface area (Å²) in [5, 5.41) is 3.48. The van der Waals surface area contributed by atoms with E-state index < -0.39 is 52.4 Å². The molecule has 0 heterocycles. The van der Waals surface area contributed by atoms with Gasteiger partial charge in [0.05, 0.1) is 11.6 Å². The van der Waals surface area contributed by atoms with Crippen LogP contribution in [0, 0.1) is 5.41 Å². The number of amides is 2. The zero-order valence-corrected chi connectivity index (χ0v) is 14.4. The molecule has 0 aliphatic rings. The van der Waals surface area contributed by atoms with Crippen LogP contribution in [0.25, 0.3) is 0 Å². The van der Waals surface area contributed by atoms with Gasteiger partial charge in [0, 0.05) is 11.3 Å². The van der Waals surface area contributed by atoms with Gasteiger partial charge >= 0.3 is 18.3 Å². The lowest BCUT2D eigenvalue weighted by Gasteiger charge is -2.26. The maximum Gasteiger partial charge on any atom is 0.471 e. The first-order valence-corrected chi connectivity index (χ1v) is 7.42. The molecule has 1 aromatic carbocycles. The van der Waals surface area contributed by atoms with Crippen molar-refractivity contribution in [1.29, 1.82) is 0 Å². The average Bonchev–Trinajstić information content (AvgIpc) is 2.49. The summed E-state index contributed by atoms with van der Waals surface area (Å²) in [7, 11) is 0. The van der Waals surface area contributed by atoms with Crippen molar-refractivity contribution in [1.82, 2.24) is 5.32 Å². The fourth-order valence-corrected chi connectivity index (χ4v) is 1.88. The minimum Gasteiger partial charge on any atom is -0.342 e. The minimum absolute atomic E-state index is 0.265. The zero-order chi connectivity index (χ0) is 21.2. The van der Waals surface area contributed by atoms with Gasteiger partial charge in [0.2, 0.25) is 0 Å². The third-order valence-electron chi connectivity index (χ3n) is 3.39. The Labute approximate surface area is 150 Å². The van der Waals surface area contributed by atoms with Crippen LogP contribution in [0.5, 0.6) is 0 Å². The Hall–Kier alpha value is -2.59. The molecule has 0 bridgehead atoms. The second kappa shape index (κ2) is 7.57. The van der Waals surface area contributed by atoms with Crippen molar-refractivity contribution in [2.24, 2.45) is 5.41 Å². The van der Waals surface area contributed by atoms with Crippen molar-refractivity contribution in [3.05, 3.63) is 29.3 Å². The van der Waals surface area contributed by atoms with E-state index in [1.807, 2.05) is 0 Å². The van der Waals surface area contributed by atoms with Gasteiger partial charge in [-0.15, -0.1) is 0 Å². The Morgan fingerprint density at radius 1 is 1.00 bits per heavy atom. The summed E-state index contributed by atoms with van der Waals surface area (Å²) in [6, 6.07) is 0.260. The SMILES string of the molecule is CC(C)(C)C(C=O)NC(=O)c1cc(NC(=O)C(F)(F)F)cc(C(F)(F)F)c1. The van der Waals surface area contributed by atoms with Crippen LogP contribution in [0.4, 0.5) is 32.0 Å². The number of hydrogen-bond donors (Lipinski definition) is 2. The largest absolute Gasteiger partial charge is 0.471 e. The molecular formula is C16H16F6N2O3. The molecule has 1 aromatic rings. The van der Waals surface area contributed by atoms with E-state index in [1.165, 1.54) is 5.32 Å². The van der Waals surface area contributed by atoms with E-state index in [2.05, 4.69) is 5.32 Å². The van der Waals surface area contributed by atoms with Crippen LogP contribution in [-0.2, 0) is 15.8 Å². The van der Waals surface area contributed by atoms with Crippen LogP contribution in [0.2, 0.25) is 0 Å². The predicted molar refractivity (Wildman–Crippen MR) is 82.9 cm³/mol. The maximum absolute atomic E-state index is 13.0. The van der Waals surface area contributed by atoms with Gasteiger partial charge in [-0.2, -0.15) is 26.3 Å². The van der Waals surface area contributed by atoms with Gasteiger partial charge in [0.1, 0.15) is 6.29 Å². The number of rotatable bonds is 4. The molecule has 1 atom stereocenters.